The fourth-order valence-electron chi connectivity index (χ4n) is 1.45. The molecule has 0 saturated carbocycles. The number of nitrogens with one attached hydrogen (secondary N) is 1. The molecular weight excluding hydrogens is 250 g/mol. The second kappa shape index (κ2) is 6.67. The number of hydrogen-bond acceptors (Lipinski definition) is 5. The molecule has 0 unspecified atom stereocenters. The Morgan fingerprint density at radius 1 is 1.42 bits per heavy atom. The van der Waals surface area contributed by atoms with Crippen LogP contribution < -0.4 is 5.56 Å². The van der Waals surface area contributed by atoms with Gasteiger partial charge in [-0.2, -0.15) is 5.10 Å². The summed E-state index contributed by atoms with van der Waals surface area (Å²) in [6, 6.07) is 2.34. The molecule has 1 rings (SSSR count). The minimum absolute atomic E-state index is 0.0811. The molecule has 1 aromatic heterocycles. The Labute approximate surface area is 110 Å². The third-order valence-corrected chi connectivity index (χ3v) is 2.39. The molecule has 1 amide bonds. The zero-order valence-electron chi connectivity index (χ0n) is 11.2. The van der Waals surface area contributed by atoms with Crippen molar-refractivity contribution in [3.05, 3.63) is 28.2 Å². The van der Waals surface area contributed by atoms with E-state index in [0.717, 1.165) is 0 Å². The molecule has 0 aliphatic heterocycles. The molecule has 7 heteroatoms. The number of amides is 1. The van der Waals surface area contributed by atoms with E-state index in [-0.39, 0.29) is 24.9 Å². The molecule has 0 fully saturated rings. The van der Waals surface area contributed by atoms with Crippen molar-refractivity contribution in [3.63, 3.8) is 0 Å². The van der Waals surface area contributed by atoms with Crippen molar-refractivity contribution < 1.29 is 14.3 Å². The first-order valence-corrected chi connectivity index (χ1v) is 5.98. The number of carbonyl (C=O) groups excluding carboxylic acids is 2. The van der Waals surface area contributed by atoms with Crippen molar-refractivity contribution in [2.45, 2.75) is 26.8 Å². The molecule has 0 aromatic carbocycles. The lowest BCUT2D eigenvalue weighted by Crippen LogP contribution is -2.41. The van der Waals surface area contributed by atoms with Gasteiger partial charge in [0.05, 0.1) is 6.61 Å². The molecule has 104 valence electrons. The van der Waals surface area contributed by atoms with Gasteiger partial charge in [-0.3, -0.25) is 14.4 Å². The van der Waals surface area contributed by atoms with Gasteiger partial charge in [0.25, 0.3) is 11.5 Å². The average molecular weight is 267 g/mol. The van der Waals surface area contributed by atoms with Crippen molar-refractivity contribution in [3.8, 4) is 0 Å². The van der Waals surface area contributed by atoms with Crippen molar-refractivity contribution in [2.75, 3.05) is 13.2 Å². The Hall–Kier alpha value is -2.18. The lowest BCUT2D eigenvalue weighted by atomic mass is 10.2. The number of hydrogen-bond donors (Lipinski definition) is 1. The summed E-state index contributed by atoms with van der Waals surface area (Å²) in [7, 11) is 0. The highest BCUT2D eigenvalue weighted by Crippen LogP contribution is 2.05. The highest BCUT2D eigenvalue weighted by Gasteiger charge is 2.23. The minimum Gasteiger partial charge on any atom is -0.465 e. The number of esters is 1. The Balaban J connectivity index is 2.87. The van der Waals surface area contributed by atoms with Gasteiger partial charge in [0.15, 0.2) is 0 Å². The van der Waals surface area contributed by atoms with Gasteiger partial charge in [-0.15, -0.1) is 0 Å². The summed E-state index contributed by atoms with van der Waals surface area (Å²) >= 11 is 0. The Kier molecular flexibility index (Phi) is 5.23. The first kappa shape index (κ1) is 14.9. The molecule has 0 bridgehead atoms. The van der Waals surface area contributed by atoms with E-state index in [0.29, 0.717) is 0 Å². The molecular formula is C12H17N3O4. The molecule has 1 N–H and O–H groups in total. The van der Waals surface area contributed by atoms with Crippen molar-refractivity contribution in [1.82, 2.24) is 15.1 Å². The van der Waals surface area contributed by atoms with Crippen LogP contribution in [0.3, 0.4) is 0 Å². The second-order valence-corrected chi connectivity index (χ2v) is 4.14. The number of ether oxygens (including phenoxy) is 1. The number of nitrogens with zero attached hydrogens (tertiary/aromatic N) is 2. The van der Waals surface area contributed by atoms with Gasteiger partial charge in [0, 0.05) is 12.1 Å². The number of H-pyrrole nitrogens is 1. The van der Waals surface area contributed by atoms with E-state index in [2.05, 4.69) is 10.2 Å². The number of carbonyl (C=O) groups is 2. The summed E-state index contributed by atoms with van der Waals surface area (Å²) in [5.41, 5.74) is -0.310. The van der Waals surface area contributed by atoms with Crippen LogP contribution in [0.25, 0.3) is 0 Å². The standard InChI is InChI=1S/C12H17N3O4/c1-4-19-11(17)7-15(8(2)3)12(18)9-5-6-10(16)14-13-9/h5-6,8H,4,7H2,1-3H3,(H,14,16). The van der Waals surface area contributed by atoms with E-state index in [9.17, 15) is 14.4 Å². The van der Waals surface area contributed by atoms with Gasteiger partial charge in [0.2, 0.25) is 0 Å². The summed E-state index contributed by atoms with van der Waals surface area (Å²) in [5, 5.41) is 5.84. The largest absolute Gasteiger partial charge is 0.465 e. The topological polar surface area (TPSA) is 92.4 Å². The van der Waals surface area contributed by atoms with Gasteiger partial charge in [-0.1, -0.05) is 0 Å². The minimum atomic E-state index is -0.478. The van der Waals surface area contributed by atoms with Gasteiger partial charge >= 0.3 is 5.97 Å². The van der Waals surface area contributed by atoms with Gasteiger partial charge in [-0.25, -0.2) is 5.10 Å². The monoisotopic (exact) mass is 267 g/mol. The van der Waals surface area contributed by atoms with Crippen LogP contribution in [0.4, 0.5) is 0 Å². The molecule has 1 heterocycles. The van der Waals surface area contributed by atoms with Crippen LogP contribution in [-0.2, 0) is 9.53 Å². The van der Waals surface area contributed by atoms with Crippen molar-refractivity contribution >= 4 is 11.9 Å². The summed E-state index contributed by atoms with van der Waals surface area (Å²) in [4.78, 5) is 35.9. The SMILES string of the molecule is CCOC(=O)CN(C(=O)c1ccc(=O)[nH]n1)C(C)C. The predicted molar refractivity (Wildman–Crippen MR) is 67.7 cm³/mol. The smallest absolute Gasteiger partial charge is 0.325 e. The van der Waals surface area contributed by atoms with Crippen molar-refractivity contribution in [1.29, 1.82) is 0 Å². The second-order valence-electron chi connectivity index (χ2n) is 4.14. The van der Waals surface area contributed by atoms with Crippen LogP contribution >= 0.6 is 0 Å². The zero-order valence-corrected chi connectivity index (χ0v) is 11.2. The number of rotatable bonds is 5. The lowest BCUT2D eigenvalue weighted by Gasteiger charge is -2.25. The fourth-order valence-corrected chi connectivity index (χ4v) is 1.45. The molecule has 7 nitrogen and oxygen atoms in total. The maximum Gasteiger partial charge on any atom is 0.325 e. The third kappa shape index (κ3) is 4.20. The first-order chi connectivity index (χ1) is 8.95. The molecule has 19 heavy (non-hydrogen) atoms. The van der Waals surface area contributed by atoms with E-state index in [1.165, 1.54) is 17.0 Å². The summed E-state index contributed by atoms with van der Waals surface area (Å²) in [6.45, 7) is 5.37. The highest BCUT2D eigenvalue weighted by atomic mass is 16.5. The molecule has 0 spiro atoms. The molecule has 0 aliphatic rings. The van der Waals surface area contributed by atoms with Crippen LogP contribution in [0, 0.1) is 0 Å². The maximum absolute atomic E-state index is 12.2. The lowest BCUT2D eigenvalue weighted by molar-refractivity contribution is -0.144. The van der Waals surface area contributed by atoms with E-state index in [1.54, 1.807) is 20.8 Å². The summed E-state index contributed by atoms with van der Waals surface area (Å²) in [6.07, 6.45) is 0. The van der Waals surface area contributed by atoms with Crippen molar-refractivity contribution in [2.24, 2.45) is 0 Å². The number of aromatic amines is 1. The maximum atomic E-state index is 12.2. The highest BCUT2D eigenvalue weighted by molar-refractivity contribution is 5.94. The normalized spacial score (nSPS) is 10.3. The van der Waals surface area contributed by atoms with Gasteiger partial charge in [0.1, 0.15) is 12.2 Å². The van der Waals surface area contributed by atoms with Crippen LogP contribution in [0.1, 0.15) is 31.3 Å². The van der Waals surface area contributed by atoms with Crippen LogP contribution in [-0.4, -0.2) is 46.2 Å². The van der Waals surface area contributed by atoms with Gasteiger partial charge < -0.3 is 9.64 Å². The predicted octanol–water partition coefficient (Wildman–Crippen LogP) is 0.184. The van der Waals surface area contributed by atoms with Crippen LogP contribution in [0.15, 0.2) is 16.9 Å². The summed E-state index contributed by atoms with van der Waals surface area (Å²) in [5.74, 6) is -0.909. The average Bonchev–Trinajstić information content (AvgIpc) is 2.36. The van der Waals surface area contributed by atoms with E-state index < -0.39 is 17.4 Å². The zero-order chi connectivity index (χ0) is 14.4. The molecule has 0 saturated heterocycles. The summed E-state index contributed by atoms with van der Waals surface area (Å²) < 4.78 is 4.82. The van der Waals surface area contributed by atoms with E-state index in [1.807, 2.05) is 0 Å². The van der Waals surface area contributed by atoms with E-state index >= 15 is 0 Å². The molecule has 1 aromatic rings. The Bertz CT molecular complexity index is 489. The van der Waals surface area contributed by atoms with Gasteiger partial charge in [-0.05, 0) is 26.8 Å². The quantitative estimate of drug-likeness (QED) is 0.768. The van der Waals surface area contributed by atoms with Crippen LogP contribution in [0.2, 0.25) is 0 Å². The molecule has 0 radical (unpaired) electrons. The number of aromatic nitrogens is 2. The molecule has 0 aliphatic carbocycles. The van der Waals surface area contributed by atoms with Crippen LogP contribution in [0.5, 0.6) is 0 Å². The first-order valence-electron chi connectivity index (χ1n) is 5.98. The Morgan fingerprint density at radius 3 is 2.58 bits per heavy atom. The Morgan fingerprint density at radius 2 is 2.11 bits per heavy atom. The van der Waals surface area contributed by atoms with E-state index in [4.69, 9.17) is 4.74 Å². The molecule has 0 atom stereocenters. The third-order valence-electron chi connectivity index (χ3n) is 2.39. The fraction of sp³-hybridized carbons (Fsp3) is 0.500.